The van der Waals surface area contributed by atoms with Crippen molar-refractivity contribution in [2.75, 3.05) is 6.54 Å². The van der Waals surface area contributed by atoms with Gasteiger partial charge in [0.2, 0.25) is 10.0 Å². The molecule has 7 nitrogen and oxygen atoms in total. The summed E-state index contributed by atoms with van der Waals surface area (Å²) in [5.74, 6) is 0.399. The summed E-state index contributed by atoms with van der Waals surface area (Å²) in [7, 11) is -3.69. The Balaban J connectivity index is 0.00000220. The number of hydrogen-bond acceptors (Lipinski definition) is 5. The molecule has 0 heterocycles. The third-order valence-electron chi connectivity index (χ3n) is 3.40. The van der Waals surface area contributed by atoms with E-state index in [9.17, 15) is 18.5 Å². The molecule has 0 saturated heterocycles. The van der Waals surface area contributed by atoms with Gasteiger partial charge in [0, 0.05) is 24.7 Å². The van der Waals surface area contributed by atoms with E-state index in [0.29, 0.717) is 11.5 Å². The number of halogens is 1. The zero-order valence-electron chi connectivity index (χ0n) is 11.5. The Morgan fingerprint density at radius 3 is 2.57 bits per heavy atom. The Hall–Kier alpha value is -1.22. The first kappa shape index (κ1) is 17.8. The Bertz CT molecular complexity index is 631. The fourth-order valence-electron chi connectivity index (χ4n) is 2.02. The Labute approximate surface area is 129 Å². The molecule has 0 radical (unpaired) electrons. The van der Waals surface area contributed by atoms with E-state index in [1.165, 1.54) is 25.1 Å². The molecule has 21 heavy (non-hydrogen) atoms. The summed E-state index contributed by atoms with van der Waals surface area (Å²) < 4.78 is 26.8. The van der Waals surface area contributed by atoms with Crippen LogP contribution in [0, 0.1) is 23.0 Å². The zero-order valence-corrected chi connectivity index (χ0v) is 13.1. The summed E-state index contributed by atoms with van der Waals surface area (Å²) in [5, 5.41) is 10.6. The van der Waals surface area contributed by atoms with Gasteiger partial charge in [-0.25, -0.2) is 13.1 Å². The monoisotopic (exact) mass is 335 g/mol. The molecule has 1 aliphatic carbocycles. The largest absolute Gasteiger partial charge is 0.326 e. The SMILES string of the molecule is Cc1cc([N+](=O)[O-])ccc1S(=O)(=O)NCC(N)C1CC1.Cl. The lowest BCUT2D eigenvalue weighted by Gasteiger charge is -2.13. The number of nitro groups is 1. The molecule has 1 saturated carbocycles. The van der Waals surface area contributed by atoms with Crippen LogP contribution in [0.25, 0.3) is 0 Å². The topological polar surface area (TPSA) is 115 Å². The number of hydrogen-bond donors (Lipinski definition) is 2. The normalized spacial score (nSPS) is 16.1. The molecule has 9 heteroatoms. The van der Waals surface area contributed by atoms with Gasteiger partial charge >= 0.3 is 0 Å². The minimum absolute atomic E-state index is 0. The van der Waals surface area contributed by atoms with E-state index in [4.69, 9.17) is 5.73 Å². The third kappa shape index (κ3) is 4.37. The lowest BCUT2D eigenvalue weighted by molar-refractivity contribution is -0.385. The zero-order chi connectivity index (χ0) is 14.9. The van der Waals surface area contributed by atoms with Crippen LogP contribution >= 0.6 is 12.4 Å². The van der Waals surface area contributed by atoms with Crippen LogP contribution in [0.4, 0.5) is 5.69 Å². The van der Waals surface area contributed by atoms with Gasteiger partial charge in [-0.1, -0.05) is 0 Å². The first-order valence-corrected chi connectivity index (χ1v) is 7.80. The van der Waals surface area contributed by atoms with Crippen LogP contribution in [0.15, 0.2) is 23.1 Å². The molecule has 1 aliphatic rings. The highest BCUT2D eigenvalue weighted by molar-refractivity contribution is 7.89. The lowest BCUT2D eigenvalue weighted by atomic mass is 10.2. The van der Waals surface area contributed by atoms with Crippen molar-refractivity contribution >= 4 is 28.1 Å². The first-order chi connectivity index (χ1) is 9.31. The van der Waals surface area contributed by atoms with Crippen molar-refractivity contribution in [1.82, 2.24) is 4.72 Å². The fraction of sp³-hybridized carbons (Fsp3) is 0.500. The summed E-state index contributed by atoms with van der Waals surface area (Å²) in [6, 6.07) is 3.50. The van der Waals surface area contributed by atoms with Gasteiger partial charge in [-0.15, -0.1) is 12.4 Å². The quantitative estimate of drug-likeness (QED) is 0.601. The molecule has 118 valence electrons. The molecule has 0 aromatic heterocycles. The number of nitrogens with zero attached hydrogens (tertiary/aromatic N) is 1. The summed E-state index contributed by atoms with van der Waals surface area (Å²) in [4.78, 5) is 10.1. The summed E-state index contributed by atoms with van der Waals surface area (Å²) in [6.07, 6.45) is 2.08. The summed E-state index contributed by atoms with van der Waals surface area (Å²) >= 11 is 0. The maximum Gasteiger partial charge on any atom is 0.269 e. The van der Waals surface area contributed by atoms with Crippen LogP contribution < -0.4 is 10.5 Å². The van der Waals surface area contributed by atoms with E-state index >= 15 is 0 Å². The molecule has 0 bridgehead atoms. The van der Waals surface area contributed by atoms with Crippen molar-refractivity contribution in [3.05, 3.63) is 33.9 Å². The number of sulfonamides is 1. The molecular weight excluding hydrogens is 318 g/mol. The maximum absolute atomic E-state index is 12.1. The van der Waals surface area contributed by atoms with E-state index in [1.54, 1.807) is 0 Å². The Morgan fingerprint density at radius 1 is 1.48 bits per heavy atom. The van der Waals surface area contributed by atoms with Gasteiger partial charge in [0.1, 0.15) is 0 Å². The number of aryl methyl sites for hydroxylation is 1. The van der Waals surface area contributed by atoms with E-state index in [-0.39, 0.29) is 35.6 Å². The maximum atomic E-state index is 12.1. The summed E-state index contributed by atoms with van der Waals surface area (Å²) in [6.45, 7) is 1.71. The van der Waals surface area contributed by atoms with E-state index in [0.717, 1.165) is 12.8 Å². The van der Waals surface area contributed by atoms with Crippen LogP contribution in [0.2, 0.25) is 0 Å². The third-order valence-corrected chi connectivity index (χ3v) is 4.98. The summed E-state index contributed by atoms with van der Waals surface area (Å²) in [5.41, 5.74) is 6.06. The molecule has 1 fully saturated rings. The highest BCUT2D eigenvalue weighted by Gasteiger charge is 2.29. The molecule has 0 aliphatic heterocycles. The van der Waals surface area contributed by atoms with Gasteiger partial charge in [0.25, 0.3) is 5.69 Å². The van der Waals surface area contributed by atoms with Crippen molar-refractivity contribution in [3.63, 3.8) is 0 Å². The molecule has 3 N–H and O–H groups in total. The van der Waals surface area contributed by atoms with Crippen molar-refractivity contribution in [2.24, 2.45) is 11.7 Å². The van der Waals surface area contributed by atoms with Gasteiger partial charge in [-0.3, -0.25) is 10.1 Å². The lowest BCUT2D eigenvalue weighted by Crippen LogP contribution is -2.38. The van der Waals surface area contributed by atoms with Crippen molar-refractivity contribution < 1.29 is 13.3 Å². The molecule has 1 aromatic rings. The van der Waals surface area contributed by atoms with Gasteiger partial charge in [-0.2, -0.15) is 0 Å². The average molecular weight is 336 g/mol. The second-order valence-corrected chi connectivity index (χ2v) is 6.80. The van der Waals surface area contributed by atoms with Crippen molar-refractivity contribution in [2.45, 2.75) is 30.7 Å². The molecule has 1 unspecified atom stereocenters. The molecule has 1 aromatic carbocycles. The van der Waals surface area contributed by atoms with Crippen LogP contribution in [-0.2, 0) is 10.0 Å². The second-order valence-electron chi connectivity index (χ2n) is 5.06. The van der Waals surface area contributed by atoms with Gasteiger partial charge in [-0.05, 0) is 37.3 Å². The number of rotatable bonds is 6. The number of nitrogens with two attached hydrogens (primary N) is 1. The van der Waals surface area contributed by atoms with Crippen LogP contribution in [-0.4, -0.2) is 25.9 Å². The Kier molecular flexibility index (Phi) is 5.68. The Morgan fingerprint density at radius 2 is 2.10 bits per heavy atom. The highest BCUT2D eigenvalue weighted by Crippen LogP contribution is 2.31. The predicted octanol–water partition coefficient (Wildman–Crippen LogP) is 1.34. The molecule has 0 spiro atoms. The number of nitro benzene ring substituents is 1. The average Bonchev–Trinajstić information content (AvgIpc) is 3.19. The predicted molar refractivity (Wildman–Crippen MR) is 81.0 cm³/mol. The van der Waals surface area contributed by atoms with Gasteiger partial charge < -0.3 is 5.73 Å². The standard InChI is InChI=1S/C12H17N3O4S.ClH/c1-8-6-10(15(16)17)4-5-12(8)20(18,19)14-7-11(13)9-2-3-9;/h4-6,9,11,14H,2-3,7,13H2,1H3;1H. The van der Waals surface area contributed by atoms with Crippen LogP contribution in [0.1, 0.15) is 18.4 Å². The van der Waals surface area contributed by atoms with E-state index < -0.39 is 14.9 Å². The van der Waals surface area contributed by atoms with Gasteiger partial charge in [0.05, 0.1) is 9.82 Å². The number of non-ortho nitro benzene ring substituents is 1. The number of benzene rings is 1. The highest BCUT2D eigenvalue weighted by atomic mass is 35.5. The molecule has 1 atom stereocenters. The second kappa shape index (κ2) is 6.69. The van der Waals surface area contributed by atoms with Crippen molar-refractivity contribution in [3.8, 4) is 0 Å². The first-order valence-electron chi connectivity index (χ1n) is 6.31. The van der Waals surface area contributed by atoms with E-state index in [2.05, 4.69) is 4.72 Å². The van der Waals surface area contributed by atoms with Gasteiger partial charge in [0.15, 0.2) is 0 Å². The van der Waals surface area contributed by atoms with Crippen molar-refractivity contribution in [1.29, 1.82) is 0 Å². The van der Waals surface area contributed by atoms with Crippen LogP contribution in [0.3, 0.4) is 0 Å². The minimum atomic E-state index is -3.69. The molecule has 2 rings (SSSR count). The molecule has 0 amide bonds. The smallest absolute Gasteiger partial charge is 0.269 e. The molecular formula is C12H18ClN3O4S. The minimum Gasteiger partial charge on any atom is -0.326 e. The number of nitrogens with one attached hydrogen (secondary N) is 1. The van der Waals surface area contributed by atoms with E-state index in [1.807, 2.05) is 0 Å². The fourth-order valence-corrected chi connectivity index (χ4v) is 3.32. The van der Waals surface area contributed by atoms with Crippen LogP contribution in [0.5, 0.6) is 0 Å².